The molecule has 13 aromatic rings. The molecule has 0 unspecified atom stereocenters. The van der Waals surface area contributed by atoms with Gasteiger partial charge in [-0.2, -0.15) is 0 Å². The minimum absolute atomic E-state index is 0.895. The lowest BCUT2D eigenvalue weighted by atomic mass is 9.99. The maximum absolute atomic E-state index is 6.11. The van der Waals surface area contributed by atoms with Crippen LogP contribution in [0.4, 0.5) is 0 Å². The number of rotatable bonds is 3. The summed E-state index contributed by atoms with van der Waals surface area (Å²) in [5.74, 6) is 0. The molecule has 0 amide bonds. The van der Waals surface area contributed by atoms with Crippen molar-refractivity contribution in [2.45, 2.75) is 6.42 Å². The third kappa shape index (κ3) is 7.67. The smallest absolute Gasteiger partial charge is 0.136 e. The third-order valence-corrected chi connectivity index (χ3v) is 14.8. The van der Waals surface area contributed by atoms with Crippen molar-refractivity contribution in [2.75, 3.05) is 0 Å². The molecule has 0 saturated heterocycles. The van der Waals surface area contributed by atoms with Crippen LogP contribution in [0.15, 0.2) is 236 Å². The molecule has 0 bridgehead atoms. The van der Waals surface area contributed by atoms with Gasteiger partial charge in [-0.25, -0.2) is 0 Å². The van der Waals surface area contributed by atoms with Gasteiger partial charge in [-0.1, -0.05) is 165 Å². The van der Waals surface area contributed by atoms with E-state index in [4.69, 9.17) is 8.83 Å². The van der Waals surface area contributed by atoms with Gasteiger partial charge in [-0.05, 0) is 158 Å². The lowest BCUT2D eigenvalue weighted by molar-refractivity contribution is 0.668. The second-order valence-electron chi connectivity index (χ2n) is 16.8. The van der Waals surface area contributed by atoms with Gasteiger partial charge in [0.2, 0.25) is 0 Å². The summed E-state index contributed by atoms with van der Waals surface area (Å²) in [6, 6.07) is 76.9. The molecule has 3 nitrogen and oxygen atoms in total. The molecule has 1 aliphatic carbocycles. The molecule has 0 aliphatic heterocycles. The van der Waals surface area contributed by atoms with Crippen LogP contribution in [-0.2, 0) is 6.42 Å². The molecule has 67 heavy (non-hydrogen) atoms. The van der Waals surface area contributed by atoms with Gasteiger partial charge in [0.05, 0.1) is 11.0 Å². The normalized spacial score (nSPS) is 11.7. The van der Waals surface area contributed by atoms with Crippen LogP contribution in [0.1, 0.15) is 11.1 Å². The van der Waals surface area contributed by atoms with Crippen molar-refractivity contribution in [2.24, 2.45) is 0 Å². The van der Waals surface area contributed by atoms with Crippen molar-refractivity contribution in [1.29, 1.82) is 0 Å². The number of aromatic nitrogens is 1. The lowest BCUT2D eigenvalue weighted by Crippen LogP contribution is -1.93. The maximum atomic E-state index is 6.11. The van der Waals surface area contributed by atoms with E-state index in [0.29, 0.717) is 0 Å². The fourth-order valence-corrected chi connectivity index (χ4v) is 11.3. The molecule has 0 spiro atoms. The number of nitrogens with zero attached hydrogens (tertiary/aromatic N) is 1. The number of halogens is 3. The predicted molar refractivity (Wildman–Crippen MR) is 295 cm³/mol. The summed E-state index contributed by atoms with van der Waals surface area (Å²) in [6.07, 6.45) is 1.07. The molecular formula is C61H38Br2INO2. The molecule has 14 rings (SSSR count). The van der Waals surface area contributed by atoms with Crippen LogP contribution in [0.5, 0.6) is 0 Å². The average Bonchev–Trinajstić information content (AvgIpc) is 4.14. The Hall–Kier alpha value is -6.71. The van der Waals surface area contributed by atoms with Crippen LogP contribution in [0.25, 0.3) is 105 Å². The maximum Gasteiger partial charge on any atom is 0.136 e. The van der Waals surface area contributed by atoms with E-state index in [1.807, 2.05) is 36.4 Å². The summed E-state index contributed by atoms with van der Waals surface area (Å²) < 4.78 is 17.6. The van der Waals surface area contributed by atoms with Crippen LogP contribution < -0.4 is 0 Å². The van der Waals surface area contributed by atoms with Crippen molar-refractivity contribution in [1.82, 2.24) is 4.57 Å². The molecule has 1 aliphatic rings. The van der Waals surface area contributed by atoms with Gasteiger partial charge in [0.15, 0.2) is 0 Å². The SMILES string of the molecule is Brc1cccc2oc3ccc(-n4c5ccccc5c5cc(-c6ccccc6)ccc54)cc3c12.Brc1cccc2oc3ccc(I)cc3c12.c1ccc(-c2ccc3c(c2)-c2ccccc2C3)cc1. The van der Waals surface area contributed by atoms with Crippen LogP contribution in [0.2, 0.25) is 0 Å². The number of furan rings is 2. The third-order valence-electron chi connectivity index (χ3n) is 12.8. The molecule has 3 heterocycles. The van der Waals surface area contributed by atoms with Crippen molar-refractivity contribution in [3.63, 3.8) is 0 Å². The standard InChI is InChI=1S/C30H18BrNO.C19H14.C12H6BrIO/c31-25-10-6-12-29-30(25)24-18-21(14-16-28(24)33-29)32-26-11-5-4-9-22(26)23-17-20(13-15-27(23)32)19-7-2-1-3-8-19;1-2-6-14(7-3-1)15-10-11-17-12-16-8-4-5-9-18(16)19(17)13-15;13-9-2-1-3-11-12(9)8-6-7(14)4-5-10(8)15-11/h1-18H;1-11,13H,12H2;1-6H. The van der Waals surface area contributed by atoms with E-state index in [1.165, 1.54) is 75.3 Å². The topological polar surface area (TPSA) is 31.2 Å². The zero-order valence-corrected chi connectivity index (χ0v) is 41.2. The fraction of sp³-hybridized carbons (Fsp3) is 0.0164. The number of para-hydroxylation sites is 1. The first kappa shape index (κ1) is 41.7. The van der Waals surface area contributed by atoms with Crippen LogP contribution in [0.3, 0.4) is 0 Å². The summed E-state index contributed by atoms with van der Waals surface area (Å²) in [7, 11) is 0. The molecule has 0 saturated carbocycles. The van der Waals surface area contributed by atoms with E-state index in [1.54, 1.807) is 0 Å². The van der Waals surface area contributed by atoms with Crippen molar-refractivity contribution < 1.29 is 8.83 Å². The monoisotopic (exact) mass is 1100 g/mol. The van der Waals surface area contributed by atoms with Gasteiger partial charge in [0, 0.05) is 50.5 Å². The van der Waals surface area contributed by atoms with Gasteiger partial charge in [0.25, 0.3) is 0 Å². The minimum atomic E-state index is 0.895. The zero-order valence-electron chi connectivity index (χ0n) is 35.9. The Morgan fingerprint density at radius 3 is 1.66 bits per heavy atom. The summed E-state index contributed by atoms with van der Waals surface area (Å²) in [5.41, 5.74) is 17.9. The Bertz CT molecular complexity index is 4000. The van der Waals surface area contributed by atoms with E-state index in [9.17, 15) is 0 Å². The van der Waals surface area contributed by atoms with Gasteiger partial charge in [-0.15, -0.1) is 0 Å². The quantitative estimate of drug-likeness (QED) is 0.165. The Labute approximate surface area is 417 Å². The molecule has 0 N–H and O–H groups in total. The molecule has 0 atom stereocenters. The Morgan fingerprint density at radius 2 is 0.940 bits per heavy atom. The average molecular weight is 1100 g/mol. The zero-order chi connectivity index (χ0) is 45.0. The van der Waals surface area contributed by atoms with Gasteiger partial charge >= 0.3 is 0 Å². The summed E-state index contributed by atoms with van der Waals surface area (Å²) in [4.78, 5) is 0. The van der Waals surface area contributed by atoms with E-state index < -0.39 is 0 Å². The second kappa shape index (κ2) is 17.5. The fourth-order valence-electron chi connectivity index (χ4n) is 9.66. The van der Waals surface area contributed by atoms with Crippen LogP contribution in [0, 0.1) is 3.57 Å². The molecule has 10 aromatic carbocycles. The first-order valence-electron chi connectivity index (χ1n) is 22.2. The van der Waals surface area contributed by atoms with E-state index >= 15 is 0 Å². The predicted octanol–water partition coefficient (Wildman–Crippen LogP) is 19.0. The van der Waals surface area contributed by atoms with Gasteiger partial charge < -0.3 is 13.4 Å². The lowest BCUT2D eigenvalue weighted by Gasteiger charge is -2.09. The van der Waals surface area contributed by atoms with Gasteiger partial charge in [0.1, 0.15) is 22.3 Å². The molecule has 3 aromatic heterocycles. The highest BCUT2D eigenvalue weighted by atomic mass is 127. The summed E-state index contributed by atoms with van der Waals surface area (Å²) in [5, 5.41) is 7.06. The number of benzene rings is 10. The Kier molecular flexibility index (Phi) is 10.9. The Morgan fingerprint density at radius 1 is 0.373 bits per heavy atom. The molecule has 0 radical (unpaired) electrons. The summed E-state index contributed by atoms with van der Waals surface area (Å²) in [6.45, 7) is 0. The van der Waals surface area contributed by atoms with Crippen molar-refractivity contribution in [3.8, 4) is 39.1 Å². The highest BCUT2D eigenvalue weighted by Crippen LogP contribution is 2.41. The number of fused-ring (bicyclic) bond motifs is 12. The largest absolute Gasteiger partial charge is 0.456 e. The van der Waals surface area contributed by atoms with E-state index in [0.717, 1.165) is 59.5 Å². The van der Waals surface area contributed by atoms with Crippen molar-refractivity contribution in [3.05, 3.63) is 242 Å². The molecule has 320 valence electrons. The number of hydrogen-bond donors (Lipinski definition) is 0. The van der Waals surface area contributed by atoms with E-state index in [-0.39, 0.29) is 0 Å². The Balaban J connectivity index is 0.000000116. The minimum Gasteiger partial charge on any atom is -0.456 e. The van der Waals surface area contributed by atoms with Crippen LogP contribution >= 0.6 is 54.5 Å². The molecule has 0 fully saturated rings. The number of hydrogen-bond acceptors (Lipinski definition) is 2. The highest BCUT2D eigenvalue weighted by molar-refractivity contribution is 14.1. The van der Waals surface area contributed by atoms with Gasteiger partial charge in [-0.3, -0.25) is 0 Å². The second-order valence-corrected chi connectivity index (χ2v) is 19.7. The molecular weight excluding hydrogens is 1070 g/mol. The first-order chi connectivity index (χ1) is 32.9. The first-order valence-corrected chi connectivity index (χ1v) is 24.8. The summed E-state index contributed by atoms with van der Waals surface area (Å²) >= 11 is 9.59. The molecule has 6 heteroatoms. The highest BCUT2D eigenvalue weighted by Gasteiger charge is 2.19. The van der Waals surface area contributed by atoms with E-state index in [2.05, 4.69) is 241 Å². The van der Waals surface area contributed by atoms with Crippen LogP contribution in [-0.4, -0.2) is 4.57 Å². The van der Waals surface area contributed by atoms with Crippen molar-refractivity contribution >= 4 is 120 Å².